The summed E-state index contributed by atoms with van der Waals surface area (Å²) in [6, 6.07) is 1.39. The van der Waals surface area contributed by atoms with Crippen LogP contribution in [0.4, 0.5) is 13.2 Å². The molecule has 7 heteroatoms. The molecule has 3 rings (SSSR count). The van der Waals surface area contributed by atoms with Crippen molar-refractivity contribution in [3.05, 3.63) is 29.2 Å². The summed E-state index contributed by atoms with van der Waals surface area (Å²) in [5.41, 5.74) is 0.413. The van der Waals surface area contributed by atoms with Crippen molar-refractivity contribution in [2.24, 2.45) is 5.92 Å². The van der Waals surface area contributed by atoms with Gasteiger partial charge in [0.2, 0.25) is 5.82 Å². The summed E-state index contributed by atoms with van der Waals surface area (Å²) in [6.07, 6.45) is 0.790. The maximum Gasteiger partial charge on any atom is 0.204 e. The summed E-state index contributed by atoms with van der Waals surface area (Å²) < 4.78 is 52.4. The van der Waals surface area contributed by atoms with Crippen LogP contribution in [-0.2, 0) is 0 Å². The zero-order chi connectivity index (χ0) is 16.7. The van der Waals surface area contributed by atoms with Crippen LogP contribution >= 0.6 is 11.5 Å². The first-order valence-corrected chi connectivity index (χ1v) is 8.07. The van der Waals surface area contributed by atoms with Gasteiger partial charge in [0.15, 0.2) is 17.4 Å². The van der Waals surface area contributed by atoms with Crippen molar-refractivity contribution in [3.8, 4) is 5.75 Å². The average molecular weight is 340 g/mol. The molecule has 0 fully saturated rings. The average Bonchev–Trinajstić information content (AvgIpc) is 2.91. The first-order chi connectivity index (χ1) is 10.9. The van der Waals surface area contributed by atoms with Crippen LogP contribution < -0.4 is 4.74 Å². The molecule has 0 amide bonds. The third-order valence-corrected chi connectivity index (χ3v) is 4.74. The summed E-state index contributed by atoms with van der Waals surface area (Å²) in [4.78, 5) is 4.58. The molecule has 0 N–H and O–H groups in total. The van der Waals surface area contributed by atoms with E-state index < -0.39 is 23.2 Å². The van der Waals surface area contributed by atoms with Crippen LogP contribution in [0.3, 0.4) is 0 Å². The van der Waals surface area contributed by atoms with Crippen LogP contribution in [-0.4, -0.2) is 16.0 Å². The fourth-order valence-electron chi connectivity index (χ4n) is 2.21. The molecule has 0 aliphatic heterocycles. The predicted molar refractivity (Wildman–Crippen MR) is 84.5 cm³/mol. The third kappa shape index (κ3) is 2.63. The lowest BCUT2D eigenvalue weighted by Crippen LogP contribution is -2.10. The van der Waals surface area contributed by atoms with Crippen LogP contribution in [0, 0.1) is 30.3 Å². The van der Waals surface area contributed by atoms with Gasteiger partial charge in [0.25, 0.3) is 0 Å². The van der Waals surface area contributed by atoms with Crippen molar-refractivity contribution in [1.82, 2.24) is 9.36 Å². The molecule has 0 aliphatic carbocycles. The molecule has 1 aromatic carbocycles. The normalized spacial score (nSPS) is 13.0. The highest BCUT2D eigenvalue weighted by Crippen LogP contribution is 2.35. The lowest BCUT2D eigenvalue weighted by Gasteiger charge is -2.14. The van der Waals surface area contributed by atoms with Gasteiger partial charge in [0, 0.05) is 10.8 Å². The summed E-state index contributed by atoms with van der Waals surface area (Å²) in [6.45, 7) is 5.67. The van der Waals surface area contributed by atoms with Crippen molar-refractivity contribution < 1.29 is 17.9 Å². The Labute approximate surface area is 135 Å². The smallest absolute Gasteiger partial charge is 0.204 e. The highest BCUT2D eigenvalue weighted by atomic mass is 32.1. The number of ether oxygens (including phenoxy) is 1. The van der Waals surface area contributed by atoms with Gasteiger partial charge in [-0.15, -0.1) is 0 Å². The third-order valence-electron chi connectivity index (χ3n) is 3.89. The minimum absolute atomic E-state index is 0.104. The molecular weight excluding hydrogens is 325 g/mol. The van der Waals surface area contributed by atoms with E-state index in [1.54, 1.807) is 6.92 Å². The Kier molecular flexibility index (Phi) is 4.14. The first kappa shape index (κ1) is 16.0. The molecule has 122 valence electrons. The van der Waals surface area contributed by atoms with Crippen LogP contribution in [0.5, 0.6) is 5.75 Å². The molecule has 2 heterocycles. The van der Waals surface area contributed by atoms with Crippen molar-refractivity contribution in [3.63, 3.8) is 0 Å². The van der Waals surface area contributed by atoms with E-state index in [1.807, 2.05) is 13.8 Å². The standard InChI is InChI=1S/C16H15F3N2OS/c1-4-7(2)6-22-15-12(18)11(17)10-5-9-8(3)21-23-16(9)20-14(10)13(15)19/h5,7H,4,6H2,1-3H3/t7-/m0/s1. The van der Waals surface area contributed by atoms with Gasteiger partial charge >= 0.3 is 0 Å². The monoisotopic (exact) mass is 340 g/mol. The second kappa shape index (κ2) is 5.96. The fraction of sp³-hybridized carbons (Fsp3) is 0.375. The second-order valence-corrected chi connectivity index (χ2v) is 6.35. The molecule has 2 aromatic heterocycles. The quantitative estimate of drug-likeness (QED) is 0.627. The van der Waals surface area contributed by atoms with E-state index in [-0.39, 0.29) is 23.4 Å². The van der Waals surface area contributed by atoms with Crippen molar-refractivity contribution in [2.45, 2.75) is 27.2 Å². The minimum Gasteiger partial charge on any atom is -0.487 e. The topological polar surface area (TPSA) is 35.0 Å². The molecule has 0 saturated heterocycles. The van der Waals surface area contributed by atoms with Crippen molar-refractivity contribution >= 4 is 32.7 Å². The summed E-state index contributed by atoms with van der Waals surface area (Å²) >= 11 is 1.09. The van der Waals surface area contributed by atoms with Gasteiger partial charge in [-0.3, -0.25) is 0 Å². The Bertz CT molecular complexity index is 894. The number of aryl methyl sites for hydroxylation is 1. The van der Waals surface area contributed by atoms with Crippen LogP contribution in [0.15, 0.2) is 6.07 Å². The van der Waals surface area contributed by atoms with Gasteiger partial charge in [-0.1, -0.05) is 20.3 Å². The summed E-state index contributed by atoms with van der Waals surface area (Å²) in [5, 5.41) is 0.389. The molecule has 1 atom stereocenters. The summed E-state index contributed by atoms with van der Waals surface area (Å²) in [7, 11) is 0. The molecule has 0 aliphatic rings. The lowest BCUT2D eigenvalue weighted by molar-refractivity contribution is 0.233. The maximum absolute atomic E-state index is 14.6. The van der Waals surface area contributed by atoms with E-state index in [9.17, 15) is 13.2 Å². The van der Waals surface area contributed by atoms with E-state index in [0.29, 0.717) is 15.9 Å². The Morgan fingerprint density at radius 2 is 1.91 bits per heavy atom. The number of benzene rings is 1. The SMILES string of the molecule is CC[C@H](C)COc1c(F)c(F)c2cc3c(C)nsc3nc2c1F. The van der Waals surface area contributed by atoms with E-state index in [1.165, 1.54) is 6.07 Å². The van der Waals surface area contributed by atoms with E-state index in [4.69, 9.17) is 4.74 Å². The van der Waals surface area contributed by atoms with Gasteiger partial charge in [-0.05, 0) is 30.4 Å². The number of pyridine rings is 1. The zero-order valence-electron chi connectivity index (χ0n) is 12.9. The van der Waals surface area contributed by atoms with Crippen LogP contribution in [0.1, 0.15) is 26.0 Å². The molecule has 0 spiro atoms. The predicted octanol–water partition coefficient (Wildman–Crippen LogP) is 5.00. The van der Waals surface area contributed by atoms with Gasteiger partial charge in [0.05, 0.1) is 12.3 Å². The van der Waals surface area contributed by atoms with Gasteiger partial charge in [-0.25, -0.2) is 13.8 Å². The number of hydrogen-bond donors (Lipinski definition) is 0. The Morgan fingerprint density at radius 3 is 2.61 bits per heavy atom. The van der Waals surface area contributed by atoms with Crippen molar-refractivity contribution in [2.75, 3.05) is 6.61 Å². The second-order valence-electron chi connectivity index (χ2n) is 5.60. The fourth-order valence-corrected chi connectivity index (χ4v) is 2.97. The maximum atomic E-state index is 14.6. The molecule has 3 nitrogen and oxygen atoms in total. The highest BCUT2D eigenvalue weighted by molar-refractivity contribution is 7.13. The van der Waals surface area contributed by atoms with Crippen LogP contribution in [0.25, 0.3) is 21.1 Å². The number of aromatic nitrogens is 2. The Morgan fingerprint density at radius 1 is 1.17 bits per heavy atom. The number of rotatable bonds is 4. The van der Waals surface area contributed by atoms with E-state index >= 15 is 0 Å². The molecule has 3 aromatic rings. The van der Waals surface area contributed by atoms with Gasteiger partial charge in [0.1, 0.15) is 10.3 Å². The van der Waals surface area contributed by atoms with Gasteiger partial charge < -0.3 is 4.74 Å². The number of halogens is 3. The molecule has 0 unspecified atom stereocenters. The van der Waals surface area contributed by atoms with E-state index in [0.717, 1.165) is 18.0 Å². The molecule has 0 bridgehead atoms. The Hall–Kier alpha value is -1.89. The van der Waals surface area contributed by atoms with Crippen LogP contribution in [0.2, 0.25) is 0 Å². The number of nitrogens with zero attached hydrogens (tertiary/aromatic N) is 2. The Balaban J connectivity index is 2.21. The zero-order valence-corrected chi connectivity index (χ0v) is 13.7. The van der Waals surface area contributed by atoms with Crippen molar-refractivity contribution in [1.29, 1.82) is 0 Å². The van der Waals surface area contributed by atoms with Gasteiger partial charge in [-0.2, -0.15) is 8.76 Å². The minimum atomic E-state index is -1.32. The number of hydrogen-bond acceptors (Lipinski definition) is 4. The molecule has 0 saturated carbocycles. The number of fused-ring (bicyclic) bond motifs is 2. The van der Waals surface area contributed by atoms with E-state index in [2.05, 4.69) is 9.36 Å². The largest absolute Gasteiger partial charge is 0.487 e. The summed E-state index contributed by atoms with van der Waals surface area (Å²) in [5.74, 6) is -4.05. The molecule has 23 heavy (non-hydrogen) atoms. The highest BCUT2D eigenvalue weighted by Gasteiger charge is 2.24. The lowest BCUT2D eigenvalue weighted by atomic mass is 10.1. The first-order valence-electron chi connectivity index (χ1n) is 7.30. The molecule has 0 radical (unpaired) electrons. The molecular formula is C16H15F3N2OS.